The summed E-state index contributed by atoms with van der Waals surface area (Å²) >= 11 is 3.19. The zero-order valence-electron chi connectivity index (χ0n) is 17.7. The van der Waals surface area contributed by atoms with Crippen LogP contribution in [0.25, 0.3) is 10.9 Å². The molecule has 1 amide bonds. The van der Waals surface area contributed by atoms with Crippen molar-refractivity contribution in [3.05, 3.63) is 86.9 Å². The van der Waals surface area contributed by atoms with Gasteiger partial charge in [-0.15, -0.1) is 22.7 Å². The van der Waals surface area contributed by atoms with E-state index in [4.69, 9.17) is 4.74 Å². The molecule has 0 fully saturated rings. The fourth-order valence-electron chi connectivity index (χ4n) is 3.79. The van der Waals surface area contributed by atoms with Crippen molar-refractivity contribution in [2.45, 2.75) is 25.3 Å². The third-order valence-electron chi connectivity index (χ3n) is 5.44. The minimum Gasteiger partial charge on any atom is -0.455 e. The number of fused-ring (bicyclic) bond motifs is 1. The first-order valence-corrected chi connectivity index (χ1v) is 12.4. The molecule has 4 aromatic rings. The summed E-state index contributed by atoms with van der Waals surface area (Å²) in [6.07, 6.45) is 1.27. The zero-order chi connectivity index (χ0) is 22.6. The van der Waals surface area contributed by atoms with Crippen molar-refractivity contribution < 1.29 is 14.3 Å². The summed E-state index contributed by atoms with van der Waals surface area (Å²) in [5.41, 5.74) is 2.59. The lowest BCUT2D eigenvalue weighted by molar-refractivity contribution is -0.152. The van der Waals surface area contributed by atoms with E-state index in [1.807, 2.05) is 71.4 Å². The first-order valence-electron chi connectivity index (χ1n) is 10.6. The Hall–Kier alpha value is -3.36. The van der Waals surface area contributed by atoms with E-state index in [2.05, 4.69) is 10.1 Å². The normalized spacial score (nSPS) is 15.6. The molecule has 6 nitrogen and oxygen atoms in total. The molecule has 3 aromatic heterocycles. The molecule has 1 unspecified atom stereocenters. The van der Waals surface area contributed by atoms with Crippen molar-refractivity contribution in [2.24, 2.45) is 5.10 Å². The van der Waals surface area contributed by atoms with Crippen LogP contribution in [0.2, 0.25) is 0 Å². The van der Waals surface area contributed by atoms with Gasteiger partial charge in [0.2, 0.25) is 0 Å². The molecule has 0 spiro atoms. The number of hydrogen-bond donors (Lipinski definition) is 0. The first-order chi connectivity index (χ1) is 16.2. The van der Waals surface area contributed by atoms with Crippen molar-refractivity contribution in [2.75, 3.05) is 6.61 Å². The Morgan fingerprint density at radius 1 is 1.00 bits per heavy atom. The Morgan fingerprint density at radius 2 is 1.85 bits per heavy atom. The molecule has 0 saturated carbocycles. The highest BCUT2D eigenvalue weighted by Gasteiger charge is 2.34. The zero-order valence-corrected chi connectivity index (χ0v) is 19.3. The van der Waals surface area contributed by atoms with Crippen molar-refractivity contribution in [3.63, 3.8) is 0 Å². The van der Waals surface area contributed by atoms with Gasteiger partial charge >= 0.3 is 5.97 Å². The number of ether oxygens (including phenoxy) is 1. The van der Waals surface area contributed by atoms with Crippen LogP contribution >= 0.6 is 22.7 Å². The van der Waals surface area contributed by atoms with Crippen LogP contribution in [0.5, 0.6) is 0 Å². The van der Waals surface area contributed by atoms with E-state index in [0.29, 0.717) is 12.8 Å². The average Bonchev–Trinajstić information content (AvgIpc) is 3.61. The molecule has 1 aliphatic heterocycles. The maximum Gasteiger partial charge on any atom is 0.306 e. The second-order valence-corrected chi connectivity index (χ2v) is 9.58. The molecule has 0 radical (unpaired) electrons. The Labute approximate surface area is 199 Å². The summed E-state index contributed by atoms with van der Waals surface area (Å²) in [5, 5.41) is 11.1. The van der Waals surface area contributed by atoms with Crippen molar-refractivity contribution >= 4 is 51.2 Å². The molecule has 1 aromatic carbocycles. The SMILES string of the molecule is O=C(CCc1ccc2ccccc2n1)OCC(=O)N1N=C(c2cccs2)CC1c1cccs1. The molecule has 0 saturated heterocycles. The van der Waals surface area contributed by atoms with Gasteiger partial charge in [0.1, 0.15) is 0 Å². The number of thiophene rings is 2. The maximum absolute atomic E-state index is 12.9. The van der Waals surface area contributed by atoms with E-state index in [1.54, 1.807) is 22.7 Å². The average molecular weight is 476 g/mol. The summed E-state index contributed by atoms with van der Waals surface area (Å²) < 4.78 is 5.30. The van der Waals surface area contributed by atoms with Gasteiger partial charge in [0.05, 0.1) is 28.6 Å². The van der Waals surface area contributed by atoms with Crippen molar-refractivity contribution in [1.29, 1.82) is 0 Å². The molecule has 4 heterocycles. The highest BCUT2D eigenvalue weighted by atomic mass is 32.1. The quantitative estimate of drug-likeness (QED) is 0.344. The minimum absolute atomic E-state index is 0.163. The standard InChI is InChI=1S/C25H21N3O3S2/c29-24(16-31-25(30)12-11-18-10-9-17-5-1-2-6-19(17)26-18)28-21(23-8-4-14-33-23)15-20(27-28)22-7-3-13-32-22/h1-10,13-14,21H,11-12,15-16H2. The summed E-state index contributed by atoms with van der Waals surface area (Å²) in [5.74, 6) is -0.746. The molecule has 0 bridgehead atoms. The summed E-state index contributed by atoms with van der Waals surface area (Å²) in [6.45, 7) is -0.326. The van der Waals surface area contributed by atoms with Crippen LogP contribution in [0.15, 0.2) is 76.5 Å². The third kappa shape index (κ3) is 4.86. The monoisotopic (exact) mass is 475 g/mol. The van der Waals surface area contributed by atoms with E-state index >= 15 is 0 Å². The molecule has 1 aliphatic rings. The van der Waals surface area contributed by atoms with E-state index in [9.17, 15) is 9.59 Å². The van der Waals surface area contributed by atoms with Crippen LogP contribution in [0, 0.1) is 0 Å². The van der Waals surface area contributed by atoms with Crippen LogP contribution in [0.3, 0.4) is 0 Å². The van der Waals surface area contributed by atoms with Crippen molar-refractivity contribution in [1.82, 2.24) is 9.99 Å². The molecular weight excluding hydrogens is 454 g/mol. The number of aromatic nitrogens is 1. The molecule has 166 valence electrons. The van der Waals surface area contributed by atoms with Crippen LogP contribution in [-0.2, 0) is 20.7 Å². The van der Waals surface area contributed by atoms with Crippen LogP contribution in [0.4, 0.5) is 0 Å². The molecule has 0 N–H and O–H groups in total. The van der Waals surface area contributed by atoms with Gasteiger partial charge in [0.15, 0.2) is 6.61 Å². The number of hydrazone groups is 1. The number of carbonyl (C=O) groups excluding carboxylic acids is 2. The lowest BCUT2D eigenvalue weighted by Gasteiger charge is -2.20. The van der Waals surface area contributed by atoms with Gasteiger partial charge < -0.3 is 4.74 Å². The van der Waals surface area contributed by atoms with E-state index in [0.717, 1.165) is 32.1 Å². The van der Waals surface area contributed by atoms with E-state index in [-0.39, 0.29) is 25.0 Å². The second kappa shape index (κ2) is 9.64. The van der Waals surface area contributed by atoms with Gasteiger partial charge in [0.25, 0.3) is 5.91 Å². The number of rotatable bonds is 7. The predicted molar refractivity (Wildman–Crippen MR) is 130 cm³/mol. The van der Waals surface area contributed by atoms with Crippen molar-refractivity contribution in [3.8, 4) is 0 Å². The van der Waals surface area contributed by atoms with E-state index in [1.165, 1.54) is 5.01 Å². The number of pyridine rings is 1. The molecule has 5 rings (SSSR count). The number of amides is 1. The predicted octanol–water partition coefficient (Wildman–Crippen LogP) is 5.21. The summed E-state index contributed by atoms with van der Waals surface area (Å²) in [7, 11) is 0. The number of para-hydroxylation sites is 1. The number of benzene rings is 1. The van der Waals surface area contributed by atoms with E-state index < -0.39 is 5.97 Å². The first kappa shape index (κ1) is 21.5. The van der Waals surface area contributed by atoms with Crippen LogP contribution < -0.4 is 0 Å². The molecule has 33 heavy (non-hydrogen) atoms. The van der Waals surface area contributed by atoms with Gasteiger partial charge in [-0.05, 0) is 35.0 Å². The minimum atomic E-state index is -0.423. The van der Waals surface area contributed by atoms with Gasteiger partial charge in [-0.2, -0.15) is 5.10 Å². The highest BCUT2D eigenvalue weighted by Crippen LogP contribution is 2.35. The fourth-order valence-corrected chi connectivity index (χ4v) is 5.33. The number of esters is 1. The van der Waals surface area contributed by atoms with Gasteiger partial charge in [-0.1, -0.05) is 36.4 Å². The lowest BCUT2D eigenvalue weighted by Crippen LogP contribution is -2.31. The Morgan fingerprint density at radius 3 is 2.67 bits per heavy atom. The Kier molecular flexibility index (Phi) is 6.28. The largest absolute Gasteiger partial charge is 0.455 e. The second-order valence-electron chi connectivity index (χ2n) is 7.65. The number of hydrogen-bond acceptors (Lipinski definition) is 7. The number of nitrogens with zero attached hydrogens (tertiary/aromatic N) is 3. The van der Waals surface area contributed by atoms with Gasteiger partial charge in [-0.3, -0.25) is 14.6 Å². The van der Waals surface area contributed by atoms with Crippen LogP contribution in [0.1, 0.15) is 34.3 Å². The lowest BCUT2D eigenvalue weighted by atomic mass is 10.1. The third-order valence-corrected chi connectivity index (χ3v) is 7.33. The molecule has 1 atom stereocenters. The van der Waals surface area contributed by atoms with Crippen LogP contribution in [-0.4, -0.2) is 34.2 Å². The van der Waals surface area contributed by atoms with Gasteiger partial charge in [0, 0.05) is 28.8 Å². The van der Waals surface area contributed by atoms with Gasteiger partial charge in [-0.25, -0.2) is 5.01 Å². The Bertz CT molecular complexity index is 1300. The smallest absolute Gasteiger partial charge is 0.306 e. The number of carbonyl (C=O) groups is 2. The number of aryl methyl sites for hydroxylation is 1. The summed E-state index contributed by atoms with van der Waals surface area (Å²) in [4.78, 5) is 31.9. The fraction of sp³-hybridized carbons (Fsp3) is 0.200. The topological polar surface area (TPSA) is 71.9 Å². The summed E-state index contributed by atoms with van der Waals surface area (Å²) in [6, 6.07) is 19.5. The Balaban J connectivity index is 1.20. The maximum atomic E-state index is 12.9. The highest BCUT2D eigenvalue weighted by molar-refractivity contribution is 7.12. The molecule has 8 heteroatoms. The molecular formula is C25H21N3O3S2. The molecule has 0 aliphatic carbocycles.